The number of non-ortho nitro benzene ring substituents is 1. The fraction of sp³-hybridized carbons (Fsp3) is 0.100. The number of nitrogens with zero attached hydrogens (tertiary/aromatic N) is 3. The lowest BCUT2D eigenvalue weighted by molar-refractivity contribution is -0.384. The molecule has 1 heterocycles. The van der Waals surface area contributed by atoms with Crippen LogP contribution in [0.15, 0.2) is 65.9 Å². The van der Waals surface area contributed by atoms with Crippen molar-refractivity contribution < 1.29 is 19.2 Å². The summed E-state index contributed by atoms with van der Waals surface area (Å²) < 4.78 is 12.0. The first kappa shape index (κ1) is 19.6. The van der Waals surface area contributed by atoms with Crippen LogP contribution in [0.4, 0.5) is 5.69 Å². The van der Waals surface area contributed by atoms with E-state index in [-0.39, 0.29) is 5.69 Å². The van der Waals surface area contributed by atoms with E-state index in [9.17, 15) is 14.9 Å². The minimum absolute atomic E-state index is 0.0148. The van der Waals surface area contributed by atoms with Crippen molar-refractivity contribution >= 4 is 17.8 Å². The predicted octanol–water partition coefficient (Wildman–Crippen LogP) is 3.17. The number of rotatable bonds is 7. The van der Waals surface area contributed by atoms with Gasteiger partial charge in [0, 0.05) is 24.4 Å². The molecule has 0 saturated carbocycles. The maximum atomic E-state index is 12.4. The van der Waals surface area contributed by atoms with Gasteiger partial charge < -0.3 is 14.0 Å². The number of hydrogen-bond acceptors (Lipinski definition) is 6. The summed E-state index contributed by atoms with van der Waals surface area (Å²) in [5.74, 6) is 0.475. The summed E-state index contributed by atoms with van der Waals surface area (Å²) in [6.07, 6.45) is 3.20. The Morgan fingerprint density at radius 1 is 1.14 bits per heavy atom. The highest BCUT2D eigenvalue weighted by Crippen LogP contribution is 2.24. The minimum atomic E-state index is -0.455. The van der Waals surface area contributed by atoms with Crippen molar-refractivity contribution in [3.63, 3.8) is 0 Å². The number of hydrazone groups is 1. The van der Waals surface area contributed by atoms with E-state index in [1.165, 1.54) is 32.6 Å². The first-order valence-electron chi connectivity index (χ1n) is 8.51. The molecule has 0 atom stereocenters. The van der Waals surface area contributed by atoms with E-state index in [0.717, 1.165) is 0 Å². The lowest BCUT2D eigenvalue weighted by Crippen LogP contribution is -2.18. The number of methoxy groups -OCH3 is 2. The molecular weight excluding hydrogens is 376 g/mol. The van der Waals surface area contributed by atoms with Gasteiger partial charge in [-0.15, -0.1) is 0 Å². The molecule has 3 aromatic rings. The van der Waals surface area contributed by atoms with Gasteiger partial charge in [-0.25, -0.2) is 5.43 Å². The average Bonchev–Trinajstić information content (AvgIpc) is 3.21. The smallest absolute Gasteiger partial charge is 0.275 e. The van der Waals surface area contributed by atoms with E-state index in [4.69, 9.17) is 9.47 Å². The fourth-order valence-electron chi connectivity index (χ4n) is 2.69. The van der Waals surface area contributed by atoms with Crippen LogP contribution in [0.5, 0.6) is 11.5 Å². The monoisotopic (exact) mass is 394 g/mol. The molecule has 0 fully saturated rings. The fourth-order valence-corrected chi connectivity index (χ4v) is 2.69. The number of hydrogen-bond donors (Lipinski definition) is 1. The van der Waals surface area contributed by atoms with Gasteiger partial charge in [-0.3, -0.25) is 14.9 Å². The molecule has 0 aliphatic rings. The largest absolute Gasteiger partial charge is 0.497 e. The number of carbonyl (C=O) groups is 1. The first-order valence-corrected chi connectivity index (χ1v) is 8.51. The summed E-state index contributed by atoms with van der Waals surface area (Å²) in [5.41, 5.74) is 3.97. The summed E-state index contributed by atoms with van der Waals surface area (Å²) >= 11 is 0. The van der Waals surface area contributed by atoms with E-state index in [1.54, 1.807) is 53.2 Å². The van der Waals surface area contributed by atoms with Crippen LogP contribution in [0.25, 0.3) is 5.69 Å². The van der Waals surface area contributed by atoms with Crippen LogP contribution in [-0.2, 0) is 0 Å². The van der Waals surface area contributed by atoms with Crippen LogP contribution in [0.1, 0.15) is 16.1 Å². The zero-order valence-corrected chi connectivity index (χ0v) is 15.7. The van der Waals surface area contributed by atoms with Crippen molar-refractivity contribution in [2.24, 2.45) is 5.10 Å². The maximum Gasteiger partial charge on any atom is 0.275 e. The van der Waals surface area contributed by atoms with Gasteiger partial charge in [0.2, 0.25) is 0 Å². The van der Waals surface area contributed by atoms with Crippen molar-refractivity contribution in [3.05, 3.63) is 82.2 Å². The lowest BCUT2D eigenvalue weighted by Gasteiger charge is -2.09. The Hall–Kier alpha value is -4.14. The molecule has 148 valence electrons. The van der Waals surface area contributed by atoms with Crippen molar-refractivity contribution in [1.82, 2.24) is 9.99 Å². The third-order valence-corrected chi connectivity index (χ3v) is 4.12. The number of ether oxygens (including phenoxy) is 2. The van der Waals surface area contributed by atoms with Crippen LogP contribution < -0.4 is 14.9 Å². The molecule has 9 nitrogen and oxygen atoms in total. The number of carbonyl (C=O) groups excluding carboxylic acids is 1. The molecule has 9 heteroatoms. The number of aromatic nitrogens is 1. The van der Waals surface area contributed by atoms with E-state index in [1.807, 2.05) is 0 Å². The Balaban J connectivity index is 1.77. The third kappa shape index (κ3) is 4.41. The molecule has 0 radical (unpaired) electrons. The summed E-state index contributed by atoms with van der Waals surface area (Å²) in [4.78, 5) is 22.9. The van der Waals surface area contributed by atoms with E-state index in [0.29, 0.717) is 28.4 Å². The molecule has 0 spiro atoms. The second-order valence-corrected chi connectivity index (χ2v) is 5.85. The van der Waals surface area contributed by atoms with Crippen molar-refractivity contribution in [1.29, 1.82) is 0 Å². The second-order valence-electron chi connectivity index (χ2n) is 5.85. The van der Waals surface area contributed by atoms with Gasteiger partial charge in [-0.1, -0.05) is 6.07 Å². The van der Waals surface area contributed by atoms with Crippen LogP contribution in [0, 0.1) is 10.1 Å². The van der Waals surface area contributed by atoms with E-state index in [2.05, 4.69) is 10.5 Å². The van der Waals surface area contributed by atoms with Gasteiger partial charge in [0.15, 0.2) is 0 Å². The quantitative estimate of drug-likeness (QED) is 0.376. The lowest BCUT2D eigenvalue weighted by atomic mass is 10.2. The molecule has 0 unspecified atom stereocenters. The summed E-state index contributed by atoms with van der Waals surface area (Å²) in [6.45, 7) is 0. The highest BCUT2D eigenvalue weighted by atomic mass is 16.6. The van der Waals surface area contributed by atoms with Crippen LogP contribution >= 0.6 is 0 Å². The standard InChI is InChI=1S/C20H18N4O5/c1-28-17-8-9-18(19(12-17)29-2)20(25)22-21-13-16-7-4-10-23(16)14-5-3-6-15(11-14)24(26)27/h3-13H,1-2H3,(H,22,25). The van der Waals surface area contributed by atoms with Gasteiger partial charge in [0.25, 0.3) is 11.6 Å². The number of nitro groups is 1. The summed E-state index contributed by atoms with van der Waals surface area (Å²) in [5, 5.41) is 15.0. The minimum Gasteiger partial charge on any atom is -0.497 e. The molecule has 0 aliphatic heterocycles. The number of nitro benzene ring substituents is 1. The van der Waals surface area contributed by atoms with Gasteiger partial charge in [0.1, 0.15) is 11.5 Å². The highest BCUT2D eigenvalue weighted by molar-refractivity contribution is 5.97. The van der Waals surface area contributed by atoms with Gasteiger partial charge in [0.05, 0.1) is 42.3 Å². The van der Waals surface area contributed by atoms with E-state index >= 15 is 0 Å². The highest BCUT2D eigenvalue weighted by Gasteiger charge is 2.13. The molecular formula is C20H18N4O5. The molecule has 0 aliphatic carbocycles. The van der Waals surface area contributed by atoms with Crippen molar-refractivity contribution in [2.45, 2.75) is 0 Å². The Labute approximate surface area is 166 Å². The third-order valence-electron chi connectivity index (χ3n) is 4.12. The molecule has 1 amide bonds. The first-order chi connectivity index (χ1) is 14.0. The summed E-state index contributed by atoms with van der Waals surface area (Å²) in [7, 11) is 2.98. The number of nitrogens with one attached hydrogen (secondary N) is 1. The van der Waals surface area contributed by atoms with E-state index < -0.39 is 10.8 Å². The van der Waals surface area contributed by atoms with Gasteiger partial charge >= 0.3 is 0 Å². The molecule has 0 saturated heterocycles. The van der Waals surface area contributed by atoms with Gasteiger partial charge in [-0.05, 0) is 30.3 Å². The Kier molecular flexibility index (Phi) is 5.88. The van der Waals surface area contributed by atoms with Crippen LogP contribution in [0.2, 0.25) is 0 Å². The SMILES string of the molecule is COc1ccc(C(=O)NN=Cc2cccn2-c2cccc([N+](=O)[O-])c2)c(OC)c1. The number of benzene rings is 2. The Morgan fingerprint density at radius 3 is 2.69 bits per heavy atom. The van der Waals surface area contributed by atoms with Gasteiger partial charge in [-0.2, -0.15) is 5.10 Å². The van der Waals surface area contributed by atoms with Crippen molar-refractivity contribution in [2.75, 3.05) is 14.2 Å². The molecule has 1 aromatic heterocycles. The van der Waals surface area contributed by atoms with Crippen LogP contribution in [-0.4, -0.2) is 35.8 Å². The molecule has 0 bridgehead atoms. The Bertz CT molecular complexity index is 1070. The molecule has 3 rings (SSSR count). The second kappa shape index (κ2) is 8.70. The normalized spacial score (nSPS) is 10.7. The molecule has 1 N–H and O–H groups in total. The predicted molar refractivity (Wildman–Crippen MR) is 107 cm³/mol. The molecule has 2 aromatic carbocycles. The maximum absolute atomic E-state index is 12.4. The summed E-state index contributed by atoms with van der Waals surface area (Å²) in [6, 6.07) is 14.6. The zero-order chi connectivity index (χ0) is 20.8. The number of amides is 1. The molecule has 29 heavy (non-hydrogen) atoms. The zero-order valence-electron chi connectivity index (χ0n) is 15.7. The topological polar surface area (TPSA) is 108 Å². The van der Waals surface area contributed by atoms with Crippen molar-refractivity contribution in [3.8, 4) is 17.2 Å². The average molecular weight is 394 g/mol. The van der Waals surface area contributed by atoms with Crippen LogP contribution in [0.3, 0.4) is 0 Å². The Morgan fingerprint density at radius 2 is 1.97 bits per heavy atom.